The van der Waals surface area contributed by atoms with E-state index in [9.17, 15) is 14.3 Å². The summed E-state index contributed by atoms with van der Waals surface area (Å²) in [6.45, 7) is 0. The number of carbonyl (C=O) groups is 1. The molecule has 0 bridgehead atoms. The van der Waals surface area contributed by atoms with Gasteiger partial charge in [0, 0.05) is 16.3 Å². The average Bonchev–Trinajstić information content (AvgIpc) is 2.57. The molecular formula is C19H13ClFNO2. The molecule has 3 nitrogen and oxygen atoms in total. The molecule has 0 spiro atoms. The van der Waals surface area contributed by atoms with E-state index in [2.05, 4.69) is 5.32 Å². The van der Waals surface area contributed by atoms with Crippen LogP contribution in [0.15, 0.2) is 66.7 Å². The van der Waals surface area contributed by atoms with Gasteiger partial charge in [-0.2, -0.15) is 0 Å². The summed E-state index contributed by atoms with van der Waals surface area (Å²) < 4.78 is 13.0. The Morgan fingerprint density at radius 3 is 2.38 bits per heavy atom. The highest BCUT2D eigenvalue weighted by molar-refractivity contribution is 6.33. The molecule has 0 amide bonds. The molecule has 120 valence electrons. The van der Waals surface area contributed by atoms with Crippen LogP contribution in [-0.2, 0) is 0 Å². The van der Waals surface area contributed by atoms with Crippen molar-refractivity contribution in [3.8, 4) is 11.1 Å². The molecule has 0 aliphatic rings. The predicted molar refractivity (Wildman–Crippen MR) is 93.5 cm³/mol. The highest BCUT2D eigenvalue weighted by Crippen LogP contribution is 2.32. The summed E-state index contributed by atoms with van der Waals surface area (Å²) in [5, 5.41) is 13.0. The minimum atomic E-state index is -1.05. The van der Waals surface area contributed by atoms with Crippen LogP contribution >= 0.6 is 11.6 Å². The molecule has 0 heterocycles. The van der Waals surface area contributed by atoms with Crippen LogP contribution in [0.1, 0.15) is 10.4 Å². The molecule has 0 saturated heterocycles. The van der Waals surface area contributed by atoms with Gasteiger partial charge < -0.3 is 10.4 Å². The van der Waals surface area contributed by atoms with Crippen molar-refractivity contribution in [2.75, 3.05) is 5.32 Å². The number of rotatable bonds is 4. The van der Waals surface area contributed by atoms with Crippen LogP contribution in [0.3, 0.4) is 0 Å². The summed E-state index contributed by atoms with van der Waals surface area (Å²) >= 11 is 6.21. The molecule has 0 saturated carbocycles. The zero-order valence-corrected chi connectivity index (χ0v) is 13.2. The highest BCUT2D eigenvalue weighted by Gasteiger charge is 2.13. The molecule has 3 aromatic carbocycles. The maximum atomic E-state index is 13.0. The second-order valence-corrected chi connectivity index (χ2v) is 5.58. The smallest absolute Gasteiger partial charge is 0.337 e. The average molecular weight is 342 g/mol. The number of aromatic carboxylic acids is 1. The zero-order valence-electron chi connectivity index (χ0n) is 12.5. The van der Waals surface area contributed by atoms with E-state index in [-0.39, 0.29) is 11.4 Å². The number of hydrogen-bond donors (Lipinski definition) is 2. The molecule has 2 N–H and O–H groups in total. The van der Waals surface area contributed by atoms with Crippen molar-refractivity contribution in [1.82, 2.24) is 0 Å². The molecule has 3 rings (SSSR count). The predicted octanol–water partition coefficient (Wildman–Crippen LogP) is 5.59. The molecule has 24 heavy (non-hydrogen) atoms. The maximum Gasteiger partial charge on any atom is 0.337 e. The second kappa shape index (κ2) is 6.72. The molecule has 5 heteroatoms. The largest absolute Gasteiger partial charge is 0.478 e. The number of benzene rings is 3. The number of carboxylic acid groups (broad SMARTS) is 1. The van der Waals surface area contributed by atoms with Crippen LogP contribution in [0.2, 0.25) is 5.02 Å². The van der Waals surface area contributed by atoms with Gasteiger partial charge in [-0.3, -0.25) is 0 Å². The van der Waals surface area contributed by atoms with Gasteiger partial charge in [-0.25, -0.2) is 9.18 Å². The minimum absolute atomic E-state index is 0.120. The Bertz CT molecular complexity index is 894. The number of halogens is 2. The third-order valence-corrected chi connectivity index (χ3v) is 3.89. The summed E-state index contributed by atoms with van der Waals surface area (Å²) in [5.41, 5.74) is 2.71. The fourth-order valence-electron chi connectivity index (χ4n) is 2.39. The van der Waals surface area contributed by atoms with Crippen molar-refractivity contribution in [1.29, 1.82) is 0 Å². The lowest BCUT2D eigenvalue weighted by atomic mass is 10.0. The summed E-state index contributed by atoms with van der Waals surface area (Å²) in [6.07, 6.45) is 0. The van der Waals surface area contributed by atoms with Gasteiger partial charge in [-0.05, 0) is 48.0 Å². The SMILES string of the molecule is O=C(O)c1ccc(-c2ccccc2Cl)cc1Nc1ccc(F)cc1. The van der Waals surface area contributed by atoms with Crippen LogP contribution in [0.5, 0.6) is 0 Å². The molecule has 0 fully saturated rings. The molecule has 0 unspecified atom stereocenters. The van der Waals surface area contributed by atoms with Gasteiger partial charge in [0.15, 0.2) is 0 Å². The Balaban J connectivity index is 2.05. The van der Waals surface area contributed by atoms with Gasteiger partial charge in [0.05, 0.1) is 11.3 Å². The van der Waals surface area contributed by atoms with Gasteiger partial charge in [-0.15, -0.1) is 0 Å². The first kappa shape index (κ1) is 16.0. The minimum Gasteiger partial charge on any atom is -0.478 e. The molecule has 0 aliphatic heterocycles. The van der Waals surface area contributed by atoms with E-state index >= 15 is 0 Å². The molecular weight excluding hydrogens is 329 g/mol. The zero-order chi connectivity index (χ0) is 17.1. The van der Waals surface area contributed by atoms with E-state index in [4.69, 9.17) is 11.6 Å². The number of carboxylic acids is 1. The molecule has 0 aliphatic carbocycles. The monoisotopic (exact) mass is 341 g/mol. The second-order valence-electron chi connectivity index (χ2n) is 5.18. The molecule has 0 radical (unpaired) electrons. The Hall–Kier alpha value is -2.85. The lowest BCUT2D eigenvalue weighted by Crippen LogP contribution is -2.03. The van der Waals surface area contributed by atoms with Crippen molar-refractivity contribution >= 4 is 28.9 Å². The molecule has 0 aromatic heterocycles. The Labute approximate surface area is 143 Å². The number of anilines is 2. The summed E-state index contributed by atoms with van der Waals surface area (Å²) in [7, 11) is 0. The third kappa shape index (κ3) is 3.39. The van der Waals surface area contributed by atoms with Crippen LogP contribution in [0.4, 0.5) is 15.8 Å². The maximum absolute atomic E-state index is 13.0. The van der Waals surface area contributed by atoms with Crippen molar-refractivity contribution in [2.24, 2.45) is 0 Å². The van der Waals surface area contributed by atoms with Gasteiger partial charge in [0.1, 0.15) is 5.82 Å². The fraction of sp³-hybridized carbons (Fsp3) is 0. The first-order chi connectivity index (χ1) is 11.5. The number of nitrogens with one attached hydrogen (secondary N) is 1. The van der Waals surface area contributed by atoms with Crippen LogP contribution in [0, 0.1) is 5.82 Å². The lowest BCUT2D eigenvalue weighted by molar-refractivity contribution is 0.0698. The van der Waals surface area contributed by atoms with Gasteiger partial charge in [0.2, 0.25) is 0 Å². The van der Waals surface area contributed by atoms with Gasteiger partial charge >= 0.3 is 5.97 Å². The normalized spacial score (nSPS) is 10.4. The number of hydrogen-bond acceptors (Lipinski definition) is 2. The first-order valence-electron chi connectivity index (χ1n) is 7.19. The quantitative estimate of drug-likeness (QED) is 0.650. The van der Waals surface area contributed by atoms with E-state index in [0.29, 0.717) is 16.4 Å². The first-order valence-corrected chi connectivity index (χ1v) is 7.57. The Morgan fingerprint density at radius 1 is 1.00 bits per heavy atom. The Morgan fingerprint density at radius 2 is 1.71 bits per heavy atom. The van der Waals surface area contributed by atoms with E-state index in [0.717, 1.165) is 11.1 Å². The fourth-order valence-corrected chi connectivity index (χ4v) is 2.63. The van der Waals surface area contributed by atoms with E-state index < -0.39 is 5.97 Å². The van der Waals surface area contributed by atoms with Crippen molar-refractivity contribution < 1.29 is 14.3 Å². The lowest BCUT2D eigenvalue weighted by Gasteiger charge is -2.13. The van der Waals surface area contributed by atoms with Crippen molar-refractivity contribution in [2.45, 2.75) is 0 Å². The Kier molecular flexibility index (Phi) is 4.49. The molecule has 3 aromatic rings. The van der Waals surface area contributed by atoms with Crippen LogP contribution in [-0.4, -0.2) is 11.1 Å². The van der Waals surface area contributed by atoms with Gasteiger partial charge in [-0.1, -0.05) is 35.9 Å². The van der Waals surface area contributed by atoms with Crippen LogP contribution < -0.4 is 5.32 Å². The topological polar surface area (TPSA) is 49.3 Å². The van der Waals surface area contributed by atoms with Crippen molar-refractivity contribution in [3.63, 3.8) is 0 Å². The summed E-state index contributed by atoms with van der Waals surface area (Å²) in [5.74, 6) is -1.41. The summed E-state index contributed by atoms with van der Waals surface area (Å²) in [4.78, 5) is 11.5. The van der Waals surface area contributed by atoms with Gasteiger partial charge in [0.25, 0.3) is 0 Å². The van der Waals surface area contributed by atoms with E-state index in [1.165, 1.54) is 18.2 Å². The standard InChI is InChI=1S/C19H13ClFNO2/c20-17-4-2-1-3-15(17)12-5-10-16(19(23)24)18(11-12)22-14-8-6-13(21)7-9-14/h1-11,22H,(H,23,24). The summed E-state index contributed by atoms with van der Waals surface area (Å²) in [6, 6.07) is 18.0. The molecule has 0 atom stereocenters. The highest BCUT2D eigenvalue weighted by atomic mass is 35.5. The van der Waals surface area contributed by atoms with E-state index in [1.54, 1.807) is 30.3 Å². The van der Waals surface area contributed by atoms with Crippen LogP contribution in [0.25, 0.3) is 11.1 Å². The third-order valence-electron chi connectivity index (χ3n) is 3.56. The van der Waals surface area contributed by atoms with Crippen molar-refractivity contribution in [3.05, 3.63) is 83.1 Å². The van der Waals surface area contributed by atoms with E-state index in [1.807, 2.05) is 18.2 Å².